The summed E-state index contributed by atoms with van der Waals surface area (Å²) in [6, 6.07) is 9.67. The maximum Gasteiger partial charge on any atom is 0.331 e. The van der Waals surface area contributed by atoms with Gasteiger partial charge in [-0.3, -0.25) is 4.79 Å². The van der Waals surface area contributed by atoms with Crippen LogP contribution in [0.4, 0.5) is 5.82 Å². The molecule has 0 spiro atoms. The van der Waals surface area contributed by atoms with E-state index in [0.717, 1.165) is 16.9 Å². The van der Waals surface area contributed by atoms with Crippen molar-refractivity contribution in [2.75, 3.05) is 11.6 Å². The van der Waals surface area contributed by atoms with Gasteiger partial charge in [-0.2, -0.15) is 5.10 Å². The molecule has 27 heavy (non-hydrogen) atoms. The van der Waals surface area contributed by atoms with E-state index in [2.05, 4.69) is 10.4 Å². The van der Waals surface area contributed by atoms with Gasteiger partial charge in [-0.1, -0.05) is 19.1 Å². The van der Waals surface area contributed by atoms with Gasteiger partial charge in [-0.05, 0) is 50.3 Å². The summed E-state index contributed by atoms with van der Waals surface area (Å²) < 4.78 is 6.92. The van der Waals surface area contributed by atoms with Crippen LogP contribution in [0, 0.1) is 0 Å². The molecule has 0 saturated heterocycles. The lowest BCUT2D eigenvalue weighted by molar-refractivity contribution is -0.148. The highest BCUT2D eigenvalue weighted by atomic mass is 32.2. The molecule has 2 aromatic rings. The summed E-state index contributed by atoms with van der Waals surface area (Å²) in [5.41, 5.74) is 0.888. The molecule has 0 radical (unpaired) electrons. The summed E-state index contributed by atoms with van der Waals surface area (Å²) in [6.45, 7) is 5.60. The molecule has 1 amide bonds. The number of carbonyl (C=O) groups is 2. The third-order valence-electron chi connectivity index (χ3n) is 4.12. The Bertz CT molecular complexity index is 799. The van der Waals surface area contributed by atoms with Crippen LogP contribution in [-0.4, -0.2) is 34.0 Å². The largest absolute Gasteiger partial charge is 0.449 e. The van der Waals surface area contributed by atoms with Crippen molar-refractivity contribution in [2.24, 2.45) is 0 Å². The van der Waals surface area contributed by atoms with E-state index in [-0.39, 0.29) is 6.04 Å². The molecule has 0 aliphatic heterocycles. The lowest BCUT2D eigenvalue weighted by Crippen LogP contribution is -2.30. The first-order chi connectivity index (χ1) is 12.9. The first-order valence-corrected chi connectivity index (χ1v) is 10.0. The van der Waals surface area contributed by atoms with E-state index >= 15 is 0 Å². The number of esters is 1. The van der Waals surface area contributed by atoms with Gasteiger partial charge < -0.3 is 10.1 Å². The molecule has 1 aromatic heterocycles. The number of ether oxygens (including phenoxy) is 1. The van der Waals surface area contributed by atoms with Crippen LogP contribution in [0.2, 0.25) is 0 Å². The van der Waals surface area contributed by atoms with E-state index in [1.54, 1.807) is 34.8 Å². The summed E-state index contributed by atoms with van der Waals surface area (Å²) >= 11 is 1.65. The topological polar surface area (TPSA) is 73.2 Å². The Balaban J connectivity index is 1.90. The lowest BCUT2D eigenvalue weighted by Gasteiger charge is -2.16. The van der Waals surface area contributed by atoms with Crippen molar-refractivity contribution in [3.8, 4) is 0 Å². The molecule has 1 N–H and O–H groups in total. The Morgan fingerprint density at radius 3 is 2.59 bits per heavy atom. The number of carbonyl (C=O) groups excluding carboxylic acids is 2. The molecule has 7 heteroatoms. The fraction of sp³-hybridized carbons (Fsp3) is 0.350. The number of hydrogen-bond donors (Lipinski definition) is 1. The zero-order chi connectivity index (χ0) is 19.8. The number of benzene rings is 1. The number of nitrogens with zero attached hydrogens (tertiary/aromatic N) is 2. The summed E-state index contributed by atoms with van der Waals surface area (Å²) in [5, 5.41) is 6.97. The molecule has 0 saturated carbocycles. The smallest absolute Gasteiger partial charge is 0.331 e. The first-order valence-electron chi connectivity index (χ1n) is 8.81. The second kappa shape index (κ2) is 9.97. The van der Waals surface area contributed by atoms with Crippen molar-refractivity contribution in [1.82, 2.24) is 9.78 Å². The highest BCUT2D eigenvalue weighted by Gasteiger charge is 2.19. The van der Waals surface area contributed by atoms with E-state index in [4.69, 9.17) is 4.74 Å². The van der Waals surface area contributed by atoms with Crippen LogP contribution in [-0.2, 0) is 14.3 Å². The molecule has 1 aromatic carbocycles. The third-order valence-corrected chi connectivity index (χ3v) is 4.86. The summed E-state index contributed by atoms with van der Waals surface area (Å²) in [7, 11) is 0. The molecule has 144 valence electrons. The van der Waals surface area contributed by atoms with Gasteiger partial charge in [0.15, 0.2) is 6.10 Å². The predicted molar refractivity (Wildman–Crippen MR) is 109 cm³/mol. The summed E-state index contributed by atoms with van der Waals surface area (Å²) in [5.74, 6) is -0.380. The average molecular weight is 388 g/mol. The highest BCUT2D eigenvalue weighted by Crippen LogP contribution is 2.17. The van der Waals surface area contributed by atoms with Crippen molar-refractivity contribution in [1.29, 1.82) is 0 Å². The number of nitrogens with one attached hydrogen (secondary N) is 1. The van der Waals surface area contributed by atoms with Gasteiger partial charge in [-0.25, -0.2) is 9.48 Å². The van der Waals surface area contributed by atoms with E-state index in [0.29, 0.717) is 5.82 Å². The highest BCUT2D eigenvalue weighted by molar-refractivity contribution is 7.98. The molecule has 0 unspecified atom stereocenters. The number of thioether (sulfide) groups is 1. The van der Waals surface area contributed by atoms with Crippen molar-refractivity contribution in [3.05, 3.63) is 48.2 Å². The Morgan fingerprint density at radius 1 is 1.26 bits per heavy atom. The molecule has 6 nitrogen and oxygen atoms in total. The fourth-order valence-corrected chi connectivity index (χ4v) is 2.72. The number of anilines is 1. The molecule has 2 rings (SSSR count). The van der Waals surface area contributed by atoms with Gasteiger partial charge in [0.05, 0.1) is 12.2 Å². The first kappa shape index (κ1) is 20.8. The molecule has 2 atom stereocenters. The fourth-order valence-electron chi connectivity index (χ4n) is 2.31. The second-order valence-electron chi connectivity index (χ2n) is 6.09. The van der Waals surface area contributed by atoms with Gasteiger partial charge in [0, 0.05) is 17.0 Å². The van der Waals surface area contributed by atoms with Gasteiger partial charge >= 0.3 is 5.97 Å². The molecular formula is C20H25N3O3S. The van der Waals surface area contributed by atoms with Crippen LogP contribution in [0.25, 0.3) is 6.08 Å². The molecular weight excluding hydrogens is 362 g/mol. The second-order valence-corrected chi connectivity index (χ2v) is 6.97. The maximum atomic E-state index is 12.3. The van der Waals surface area contributed by atoms with Gasteiger partial charge in [-0.15, -0.1) is 11.8 Å². The van der Waals surface area contributed by atoms with E-state index in [1.165, 1.54) is 13.0 Å². The number of aromatic nitrogens is 2. The van der Waals surface area contributed by atoms with Crippen LogP contribution < -0.4 is 5.32 Å². The lowest BCUT2D eigenvalue weighted by atomic mass is 10.2. The van der Waals surface area contributed by atoms with Crippen molar-refractivity contribution in [2.45, 2.75) is 44.2 Å². The third kappa shape index (κ3) is 5.99. The van der Waals surface area contributed by atoms with Crippen LogP contribution in [0.5, 0.6) is 0 Å². The number of rotatable bonds is 8. The van der Waals surface area contributed by atoms with Crippen molar-refractivity contribution in [3.63, 3.8) is 0 Å². The Labute approximate surface area is 164 Å². The number of amides is 1. The molecule has 0 bridgehead atoms. The van der Waals surface area contributed by atoms with Crippen LogP contribution in [0.3, 0.4) is 0 Å². The van der Waals surface area contributed by atoms with Crippen LogP contribution in [0.15, 0.2) is 47.5 Å². The summed E-state index contributed by atoms with van der Waals surface area (Å²) in [4.78, 5) is 25.4. The summed E-state index contributed by atoms with van der Waals surface area (Å²) in [6.07, 6.45) is 6.59. The monoisotopic (exact) mass is 387 g/mol. The molecule has 1 heterocycles. The standard InChI is InChI=1S/C20H25N3O3S/c1-5-14(2)23-18(12-13-21-23)22-20(25)15(3)26-19(24)11-8-16-6-9-17(27-4)10-7-16/h6-15H,5H2,1-4H3,(H,22,25)/b11-8+/t14-,15+/m1/s1. The van der Waals surface area contributed by atoms with E-state index in [1.807, 2.05) is 44.4 Å². The zero-order valence-electron chi connectivity index (χ0n) is 16.0. The minimum absolute atomic E-state index is 0.161. The average Bonchev–Trinajstić information content (AvgIpc) is 3.14. The van der Waals surface area contributed by atoms with Gasteiger partial charge in [0.25, 0.3) is 5.91 Å². The SMILES string of the molecule is CC[C@@H](C)n1nccc1NC(=O)[C@H](C)OC(=O)/C=C/c1ccc(SC)cc1. The maximum absolute atomic E-state index is 12.3. The predicted octanol–water partition coefficient (Wildman–Crippen LogP) is 4.16. The molecule has 0 fully saturated rings. The Hall–Kier alpha value is -2.54. The Kier molecular flexibility index (Phi) is 7.67. The minimum Gasteiger partial charge on any atom is -0.449 e. The Morgan fingerprint density at radius 2 is 1.96 bits per heavy atom. The van der Waals surface area contributed by atoms with Crippen molar-refractivity contribution >= 4 is 35.5 Å². The normalized spacial score (nSPS) is 13.3. The zero-order valence-corrected chi connectivity index (χ0v) is 16.8. The van der Waals surface area contributed by atoms with Gasteiger partial charge in [0.1, 0.15) is 5.82 Å². The molecule has 0 aliphatic rings. The number of hydrogen-bond acceptors (Lipinski definition) is 5. The van der Waals surface area contributed by atoms with Crippen molar-refractivity contribution < 1.29 is 14.3 Å². The van der Waals surface area contributed by atoms with Crippen LogP contribution >= 0.6 is 11.8 Å². The van der Waals surface area contributed by atoms with E-state index in [9.17, 15) is 9.59 Å². The molecule has 0 aliphatic carbocycles. The van der Waals surface area contributed by atoms with E-state index < -0.39 is 18.0 Å². The minimum atomic E-state index is -0.915. The quantitative estimate of drug-likeness (QED) is 0.418. The van der Waals surface area contributed by atoms with Crippen LogP contribution in [0.1, 0.15) is 38.8 Å². The van der Waals surface area contributed by atoms with Gasteiger partial charge in [0.2, 0.25) is 0 Å².